The summed E-state index contributed by atoms with van der Waals surface area (Å²) in [6.45, 7) is 3.57. The summed E-state index contributed by atoms with van der Waals surface area (Å²) in [5.74, 6) is 0. The van der Waals surface area contributed by atoms with Crippen LogP contribution in [0, 0.1) is 0 Å². The fourth-order valence-corrected chi connectivity index (χ4v) is 1.93. The summed E-state index contributed by atoms with van der Waals surface area (Å²) in [6.07, 6.45) is 1.90. The van der Waals surface area contributed by atoms with E-state index in [1.54, 1.807) is 13.8 Å². The minimum atomic E-state index is -0.786. The maximum Gasteiger partial charge on any atom is 0.0841 e. The van der Waals surface area contributed by atoms with Crippen LogP contribution in [0.3, 0.4) is 0 Å². The molecule has 0 amide bonds. The SMILES string of the molecule is CC(C)(O)c1ccc2c(Br)c[nH]c2c1. The largest absolute Gasteiger partial charge is 0.386 e. The molecule has 0 aliphatic carbocycles. The predicted octanol–water partition coefficient (Wildman–Crippen LogP) is 3.16. The van der Waals surface area contributed by atoms with Crippen LogP contribution in [0.2, 0.25) is 0 Å². The van der Waals surface area contributed by atoms with Gasteiger partial charge in [-0.3, -0.25) is 0 Å². The van der Waals surface area contributed by atoms with Gasteiger partial charge in [-0.1, -0.05) is 12.1 Å². The minimum Gasteiger partial charge on any atom is -0.386 e. The smallest absolute Gasteiger partial charge is 0.0841 e. The van der Waals surface area contributed by atoms with E-state index >= 15 is 0 Å². The summed E-state index contributed by atoms with van der Waals surface area (Å²) < 4.78 is 1.05. The van der Waals surface area contributed by atoms with Gasteiger partial charge in [0.1, 0.15) is 0 Å². The summed E-state index contributed by atoms with van der Waals surface area (Å²) in [6, 6.07) is 5.92. The van der Waals surface area contributed by atoms with Gasteiger partial charge in [0, 0.05) is 21.6 Å². The van der Waals surface area contributed by atoms with E-state index < -0.39 is 5.60 Å². The first-order valence-corrected chi connectivity index (χ1v) is 5.27. The Balaban J connectivity index is 2.63. The average Bonchev–Trinajstić information content (AvgIpc) is 2.46. The normalized spacial score (nSPS) is 12.3. The number of rotatable bonds is 1. The Hall–Kier alpha value is -0.800. The lowest BCUT2D eigenvalue weighted by Gasteiger charge is -2.17. The van der Waals surface area contributed by atoms with Crippen LogP contribution in [0.25, 0.3) is 10.9 Å². The topological polar surface area (TPSA) is 36.0 Å². The molecule has 3 heteroatoms. The van der Waals surface area contributed by atoms with Crippen LogP contribution in [0.5, 0.6) is 0 Å². The van der Waals surface area contributed by atoms with Crippen molar-refractivity contribution in [1.82, 2.24) is 4.98 Å². The second-order valence-electron chi connectivity index (χ2n) is 3.96. The van der Waals surface area contributed by atoms with Crippen molar-refractivity contribution >= 4 is 26.8 Å². The van der Waals surface area contributed by atoms with Crippen molar-refractivity contribution in [2.45, 2.75) is 19.4 Å². The number of halogens is 1. The number of aromatic nitrogens is 1. The molecule has 0 aliphatic heterocycles. The first kappa shape index (κ1) is 9.74. The molecule has 0 unspecified atom stereocenters. The van der Waals surface area contributed by atoms with Crippen LogP contribution in [-0.4, -0.2) is 10.1 Å². The van der Waals surface area contributed by atoms with Crippen molar-refractivity contribution in [2.24, 2.45) is 0 Å². The number of nitrogens with one attached hydrogen (secondary N) is 1. The van der Waals surface area contributed by atoms with Gasteiger partial charge in [-0.15, -0.1) is 0 Å². The molecule has 2 rings (SSSR count). The number of benzene rings is 1. The highest BCUT2D eigenvalue weighted by atomic mass is 79.9. The number of hydrogen-bond acceptors (Lipinski definition) is 1. The second-order valence-corrected chi connectivity index (χ2v) is 4.81. The molecule has 0 fully saturated rings. The highest BCUT2D eigenvalue weighted by Gasteiger charge is 2.16. The van der Waals surface area contributed by atoms with E-state index in [1.165, 1.54) is 0 Å². The number of aromatic amines is 1. The third-order valence-electron chi connectivity index (χ3n) is 2.34. The molecule has 1 aromatic heterocycles. The molecule has 0 atom stereocenters. The lowest BCUT2D eigenvalue weighted by Crippen LogP contribution is -2.14. The zero-order valence-corrected chi connectivity index (χ0v) is 9.72. The van der Waals surface area contributed by atoms with Crippen LogP contribution in [-0.2, 0) is 5.60 Å². The quantitative estimate of drug-likeness (QED) is 0.805. The van der Waals surface area contributed by atoms with Gasteiger partial charge in [-0.05, 0) is 41.4 Å². The molecule has 0 saturated carbocycles. The van der Waals surface area contributed by atoms with Crippen molar-refractivity contribution in [2.75, 3.05) is 0 Å². The predicted molar refractivity (Wildman–Crippen MR) is 61.2 cm³/mol. The molecule has 0 bridgehead atoms. The molecule has 2 aromatic rings. The van der Waals surface area contributed by atoms with Crippen LogP contribution < -0.4 is 0 Å². The van der Waals surface area contributed by atoms with Crippen molar-refractivity contribution in [3.63, 3.8) is 0 Å². The van der Waals surface area contributed by atoms with Gasteiger partial charge >= 0.3 is 0 Å². The molecule has 2 N–H and O–H groups in total. The van der Waals surface area contributed by atoms with E-state index in [9.17, 15) is 5.11 Å². The lowest BCUT2D eigenvalue weighted by molar-refractivity contribution is 0.0787. The van der Waals surface area contributed by atoms with Crippen LogP contribution in [0.1, 0.15) is 19.4 Å². The van der Waals surface area contributed by atoms with E-state index in [2.05, 4.69) is 20.9 Å². The third-order valence-corrected chi connectivity index (χ3v) is 2.99. The zero-order valence-electron chi connectivity index (χ0n) is 8.13. The highest BCUT2D eigenvalue weighted by molar-refractivity contribution is 9.10. The van der Waals surface area contributed by atoms with Crippen molar-refractivity contribution < 1.29 is 5.11 Å². The summed E-state index contributed by atoms with van der Waals surface area (Å²) in [5.41, 5.74) is 1.17. The van der Waals surface area contributed by atoms with Crippen LogP contribution >= 0.6 is 15.9 Å². The van der Waals surface area contributed by atoms with E-state index in [-0.39, 0.29) is 0 Å². The summed E-state index contributed by atoms with van der Waals surface area (Å²) in [5, 5.41) is 11.0. The maximum atomic E-state index is 9.83. The molecule has 74 valence electrons. The molecular weight excluding hydrogens is 242 g/mol. The molecule has 0 radical (unpaired) electrons. The van der Waals surface area contributed by atoms with Gasteiger partial charge in [0.05, 0.1) is 5.60 Å². The van der Waals surface area contributed by atoms with E-state index in [0.717, 1.165) is 20.9 Å². The molecule has 0 saturated heterocycles. The van der Waals surface area contributed by atoms with Crippen molar-refractivity contribution in [3.05, 3.63) is 34.4 Å². The van der Waals surface area contributed by atoms with E-state index in [0.29, 0.717) is 0 Å². The Morgan fingerprint density at radius 1 is 1.36 bits per heavy atom. The van der Waals surface area contributed by atoms with Gasteiger partial charge in [0.2, 0.25) is 0 Å². The van der Waals surface area contributed by atoms with Gasteiger partial charge in [0.15, 0.2) is 0 Å². The van der Waals surface area contributed by atoms with Gasteiger partial charge in [-0.25, -0.2) is 0 Å². The number of fused-ring (bicyclic) bond motifs is 1. The Kier molecular flexibility index (Phi) is 2.16. The van der Waals surface area contributed by atoms with Gasteiger partial charge < -0.3 is 10.1 Å². The molecule has 1 heterocycles. The maximum absolute atomic E-state index is 9.83. The summed E-state index contributed by atoms with van der Waals surface area (Å²) >= 11 is 3.45. The Bertz CT molecular complexity index is 468. The molecule has 0 aliphatic rings. The van der Waals surface area contributed by atoms with Gasteiger partial charge in [-0.2, -0.15) is 0 Å². The third kappa shape index (κ3) is 1.57. The summed E-state index contributed by atoms with van der Waals surface area (Å²) in [4.78, 5) is 3.14. The molecular formula is C11H12BrNO. The number of aliphatic hydroxyl groups is 1. The first-order chi connectivity index (χ1) is 6.48. The van der Waals surface area contributed by atoms with E-state index in [1.807, 2.05) is 24.4 Å². The molecule has 0 spiro atoms. The molecule has 1 aromatic carbocycles. The average molecular weight is 254 g/mol. The highest BCUT2D eigenvalue weighted by Crippen LogP contribution is 2.28. The zero-order chi connectivity index (χ0) is 10.3. The van der Waals surface area contributed by atoms with Crippen molar-refractivity contribution in [1.29, 1.82) is 0 Å². The Morgan fingerprint density at radius 3 is 2.71 bits per heavy atom. The van der Waals surface area contributed by atoms with Gasteiger partial charge in [0.25, 0.3) is 0 Å². The molecule has 14 heavy (non-hydrogen) atoms. The fourth-order valence-electron chi connectivity index (χ4n) is 1.47. The summed E-state index contributed by atoms with van der Waals surface area (Å²) in [7, 11) is 0. The van der Waals surface area contributed by atoms with Crippen LogP contribution in [0.4, 0.5) is 0 Å². The Morgan fingerprint density at radius 2 is 2.07 bits per heavy atom. The number of hydrogen-bond donors (Lipinski definition) is 2. The second kappa shape index (κ2) is 3.11. The Labute approximate surface area is 91.1 Å². The lowest BCUT2D eigenvalue weighted by atomic mass is 9.98. The first-order valence-electron chi connectivity index (χ1n) is 4.48. The monoisotopic (exact) mass is 253 g/mol. The minimum absolute atomic E-state index is 0.786. The van der Waals surface area contributed by atoms with E-state index in [4.69, 9.17) is 0 Å². The van der Waals surface area contributed by atoms with Crippen LogP contribution in [0.15, 0.2) is 28.9 Å². The fraction of sp³-hybridized carbons (Fsp3) is 0.273. The molecule has 2 nitrogen and oxygen atoms in total. The standard InChI is InChI=1S/C11H12BrNO/c1-11(2,14)7-3-4-8-9(12)6-13-10(8)5-7/h3-6,13-14H,1-2H3. The number of H-pyrrole nitrogens is 1. The van der Waals surface area contributed by atoms with Crippen molar-refractivity contribution in [3.8, 4) is 0 Å².